The number of thiazole rings is 1. The van der Waals surface area contributed by atoms with Crippen molar-refractivity contribution >= 4 is 34.0 Å². The van der Waals surface area contributed by atoms with Crippen LogP contribution in [-0.2, 0) is 17.4 Å². The molecule has 1 aliphatic heterocycles. The van der Waals surface area contributed by atoms with Gasteiger partial charge >= 0.3 is 6.18 Å². The average Bonchev–Trinajstić information content (AvgIpc) is 2.97. The number of anilines is 1. The van der Waals surface area contributed by atoms with E-state index in [1.807, 2.05) is 30.0 Å². The van der Waals surface area contributed by atoms with E-state index in [4.69, 9.17) is 11.6 Å². The maximum absolute atomic E-state index is 13.0. The van der Waals surface area contributed by atoms with E-state index in [0.29, 0.717) is 23.4 Å². The Morgan fingerprint density at radius 3 is 2.84 bits per heavy atom. The van der Waals surface area contributed by atoms with Gasteiger partial charge in [0.1, 0.15) is 16.7 Å². The molecule has 0 atom stereocenters. The van der Waals surface area contributed by atoms with Crippen LogP contribution in [0.15, 0.2) is 30.5 Å². The normalized spacial score (nSPS) is 14.9. The number of carbonyl (C=O) groups excluding carboxylic acids is 1. The number of hydrogen-bond acceptors (Lipinski definition) is 6. The SMILES string of the molecule is Cc1cc(Cc2nccc(C(F)(F)F)n2)cc(-c2sc(N3CCCNC(=O)C3)nc2Cl)c1. The lowest BCUT2D eigenvalue weighted by Gasteiger charge is -2.16. The van der Waals surface area contributed by atoms with Crippen molar-refractivity contribution in [1.29, 1.82) is 0 Å². The molecule has 0 radical (unpaired) electrons. The van der Waals surface area contributed by atoms with Crippen LogP contribution in [0.5, 0.6) is 0 Å². The minimum absolute atomic E-state index is 0.0608. The highest BCUT2D eigenvalue weighted by Crippen LogP contribution is 2.39. The van der Waals surface area contributed by atoms with Crippen LogP contribution in [0.4, 0.5) is 18.3 Å². The van der Waals surface area contributed by atoms with Gasteiger partial charge < -0.3 is 10.2 Å². The van der Waals surface area contributed by atoms with Crippen LogP contribution in [-0.4, -0.2) is 40.5 Å². The summed E-state index contributed by atoms with van der Waals surface area (Å²) in [6, 6.07) is 6.53. The first-order valence-corrected chi connectivity index (χ1v) is 11.1. The fourth-order valence-electron chi connectivity index (χ4n) is 3.49. The lowest BCUT2D eigenvalue weighted by Crippen LogP contribution is -2.32. The lowest BCUT2D eigenvalue weighted by atomic mass is 10.0. The smallest absolute Gasteiger partial charge is 0.354 e. The molecule has 0 unspecified atom stereocenters. The summed E-state index contributed by atoms with van der Waals surface area (Å²) in [6.45, 7) is 3.43. The van der Waals surface area contributed by atoms with Gasteiger partial charge in [-0.2, -0.15) is 13.2 Å². The molecule has 0 aliphatic carbocycles. The zero-order chi connectivity index (χ0) is 22.9. The van der Waals surface area contributed by atoms with E-state index in [2.05, 4.69) is 20.3 Å². The number of amides is 1. The van der Waals surface area contributed by atoms with Gasteiger partial charge in [-0.15, -0.1) is 0 Å². The molecule has 1 aliphatic rings. The average molecular weight is 482 g/mol. The number of hydrogen-bond donors (Lipinski definition) is 1. The zero-order valence-corrected chi connectivity index (χ0v) is 18.6. The van der Waals surface area contributed by atoms with Crippen molar-refractivity contribution in [2.24, 2.45) is 0 Å². The van der Waals surface area contributed by atoms with Crippen LogP contribution < -0.4 is 10.2 Å². The fourth-order valence-corrected chi connectivity index (χ4v) is 4.82. The zero-order valence-electron chi connectivity index (χ0n) is 17.0. The molecule has 32 heavy (non-hydrogen) atoms. The summed E-state index contributed by atoms with van der Waals surface area (Å²) in [5.41, 5.74) is 1.52. The Balaban J connectivity index is 1.62. The van der Waals surface area contributed by atoms with E-state index < -0.39 is 11.9 Å². The third-order valence-electron chi connectivity index (χ3n) is 4.86. The number of rotatable bonds is 4. The van der Waals surface area contributed by atoms with Crippen molar-refractivity contribution in [3.63, 3.8) is 0 Å². The number of nitrogens with one attached hydrogen (secondary N) is 1. The molecule has 1 aromatic carbocycles. The molecule has 11 heteroatoms. The van der Waals surface area contributed by atoms with Gasteiger partial charge in [-0.1, -0.05) is 40.6 Å². The summed E-state index contributed by atoms with van der Waals surface area (Å²) in [6.07, 6.45) is -2.45. The molecule has 4 rings (SSSR count). The highest BCUT2D eigenvalue weighted by molar-refractivity contribution is 7.19. The van der Waals surface area contributed by atoms with E-state index in [1.54, 1.807) is 0 Å². The van der Waals surface area contributed by atoms with E-state index in [-0.39, 0.29) is 24.7 Å². The van der Waals surface area contributed by atoms with Gasteiger partial charge in [0.15, 0.2) is 5.13 Å². The van der Waals surface area contributed by atoms with Crippen LogP contribution in [0.3, 0.4) is 0 Å². The van der Waals surface area contributed by atoms with Crippen molar-refractivity contribution < 1.29 is 18.0 Å². The first kappa shape index (κ1) is 22.5. The van der Waals surface area contributed by atoms with Crippen LogP contribution in [0.25, 0.3) is 10.4 Å². The monoisotopic (exact) mass is 481 g/mol. The topological polar surface area (TPSA) is 71.0 Å². The predicted octanol–water partition coefficient (Wildman–Crippen LogP) is 4.50. The number of aryl methyl sites for hydroxylation is 1. The molecule has 3 heterocycles. The summed E-state index contributed by atoms with van der Waals surface area (Å²) in [5.74, 6) is 0.0253. The predicted molar refractivity (Wildman–Crippen MR) is 117 cm³/mol. The second kappa shape index (κ2) is 9.03. The van der Waals surface area contributed by atoms with Crippen molar-refractivity contribution in [2.45, 2.75) is 25.9 Å². The molecule has 0 spiro atoms. The number of nitrogens with zero attached hydrogens (tertiary/aromatic N) is 4. The molecule has 2 aromatic heterocycles. The number of aromatic nitrogens is 3. The Morgan fingerprint density at radius 2 is 2.06 bits per heavy atom. The molecular formula is C21H19ClF3N5OS. The van der Waals surface area contributed by atoms with Gasteiger partial charge in [0.05, 0.1) is 11.4 Å². The Labute approximate surface area is 191 Å². The third-order valence-corrected chi connectivity index (χ3v) is 6.41. The summed E-state index contributed by atoms with van der Waals surface area (Å²) in [5, 5.41) is 3.81. The first-order valence-electron chi connectivity index (χ1n) is 9.87. The molecular weight excluding hydrogens is 463 g/mol. The Morgan fingerprint density at radius 1 is 1.25 bits per heavy atom. The molecule has 0 saturated carbocycles. The van der Waals surface area contributed by atoms with E-state index in [9.17, 15) is 18.0 Å². The highest BCUT2D eigenvalue weighted by atomic mass is 35.5. The van der Waals surface area contributed by atoms with Crippen LogP contribution in [0, 0.1) is 6.92 Å². The maximum atomic E-state index is 13.0. The Kier molecular flexibility index (Phi) is 6.34. The van der Waals surface area contributed by atoms with Gasteiger partial charge in [-0.25, -0.2) is 15.0 Å². The second-order valence-corrected chi connectivity index (χ2v) is 8.82. The molecule has 168 valence electrons. The summed E-state index contributed by atoms with van der Waals surface area (Å²) < 4.78 is 38.9. The van der Waals surface area contributed by atoms with E-state index in [1.165, 1.54) is 11.3 Å². The molecule has 3 aromatic rings. The van der Waals surface area contributed by atoms with E-state index >= 15 is 0 Å². The summed E-state index contributed by atoms with van der Waals surface area (Å²) in [7, 11) is 0. The minimum atomic E-state index is -4.52. The van der Waals surface area contributed by atoms with Crippen LogP contribution in [0.2, 0.25) is 5.15 Å². The molecule has 6 nitrogen and oxygen atoms in total. The van der Waals surface area contributed by atoms with Gasteiger partial charge in [0, 0.05) is 25.7 Å². The third kappa shape index (κ3) is 5.18. The lowest BCUT2D eigenvalue weighted by molar-refractivity contribution is -0.141. The van der Waals surface area contributed by atoms with Crippen molar-refractivity contribution in [3.05, 3.63) is 58.3 Å². The number of benzene rings is 1. The number of halogens is 4. The molecule has 1 saturated heterocycles. The van der Waals surface area contributed by atoms with Gasteiger partial charge in [-0.3, -0.25) is 4.79 Å². The van der Waals surface area contributed by atoms with Gasteiger partial charge in [0.25, 0.3) is 0 Å². The summed E-state index contributed by atoms with van der Waals surface area (Å²) >= 11 is 7.82. The van der Waals surface area contributed by atoms with Crippen molar-refractivity contribution in [1.82, 2.24) is 20.3 Å². The van der Waals surface area contributed by atoms with Gasteiger partial charge in [0.2, 0.25) is 5.91 Å². The summed E-state index contributed by atoms with van der Waals surface area (Å²) in [4.78, 5) is 26.6. The number of carbonyl (C=O) groups is 1. The second-order valence-electron chi connectivity index (χ2n) is 7.48. The standard InChI is InChI=1S/C21H19ClF3N5OS/c1-12-7-13(10-16-26-5-3-15(28-16)21(23,24)25)9-14(8-12)18-19(22)29-20(32-18)30-6-2-4-27-17(31)11-30/h3,5,7-9H,2,4,6,10-11H2,1H3,(H,27,31). The molecule has 1 amide bonds. The fraction of sp³-hybridized carbons (Fsp3) is 0.333. The van der Waals surface area contributed by atoms with Crippen LogP contribution in [0.1, 0.15) is 29.1 Å². The van der Waals surface area contributed by atoms with E-state index in [0.717, 1.165) is 40.3 Å². The van der Waals surface area contributed by atoms with Crippen LogP contribution >= 0.6 is 22.9 Å². The largest absolute Gasteiger partial charge is 0.433 e. The highest BCUT2D eigenvalue weighted by Gasteiger charge is 2.32. The Bertz CT molecular complexity index is 1150. The van der Waals surface area contributed by atoms with Crippen molar-refractivity contribution in [3.8, 4) is 10.4 Å². The molecule has 1 N–H and O–H groups in total. The quantitative estimate of drug-likeness (QED) is 0.594. The first-order chi connectivity index (χ1) is 15.2. The maximum Gasteiger partial charge on any atom is 0.433 e. The van der Waals surface area contributed by atoms with Gasteiger partial charge in [-0.05, 0) is 36.6 Å². The van der Waals surface area contributed by atoms with Crippen molar-refractivity contribution in [2.75, 3.05) is 24.5 Å². The molecule has 1 fully saturated rings. The number of alkyl halides is 3. The Hall–Kier alpha value is -2.72. The molecule has 0 bridgehead atoms. The minimum Gasteiger partial charge on any atom is -0.354 e.